The van der Waals surface area contributed by atoms with Gasteiger partial charge in [-0.3, -0.25) is 4.79 Å². The van der Waals surface area contributed by atoms with Crippen molar-refractivity contribution in [2.45, 2.75) is 18.8 Å². The number of benzene rings is 2. The third-order valence-electron chi connectivity index (χ3n) is 3.44. The first-order valence-corrected chi connectivity index (χ1v) is 5.96. The minimum absolute atomic E-state index is 0.0435. The molecule has 0 saturated carbocycles. The Bertz CT molecular complexity index is 579. The Kier molecular flexibility index (Phi) is 3.34. The molecule has 0 heterocycles. The summed E-state index contributed by atoms with van der Waals surface area (Å²) >= 11 is 0. The Labute approximate surface area is 106 Å². The van der Waals surface area contributed by atoms with E-state index in [0.29, 0.717) is 6.54 Å². The molecule has 0 spiro atoms. The number of hydrogen-bond donors (Lipinski definition) is 2. The van der Waals surface area contributed by atoms with Crippen molar-refractivity contribution in [3.05, 3.63) is 48.0 Å². The molecule has 1 unspecified atom stereocenters. The van der Waals surface area contributed by atoms with Gasteiger partial charge in [0.15, 0.2) is 0 Å². The summed E-state index contributed by atoms with van der Waals surface area (Å²) in [4.78, 5) is 11.0. The Hall–Kier alpha value is -1.87. The fraction of sp³-hybridized carbons (Fsp3) is 0.267. The second kappa shape index (κ2) is 4.78. The first-order valence-electron chi connectivity index (χ1n) is 5.96. The molecule has 94 valence electrons. The van der Waals surface area contributed by atoms with E-state index in [1.165, 1.54) is 0 Å². The van der Waals surface area contributed by atoms with Crippen LogP contribution in [0.15, 0.2) is 42.5 Å². The van der Waals surface area contributed by atoms with Gasteiger partial charge in [0.1, 0.15) is 0 Å². The molecule has 2 aromatic rings. The van der Waals surface area contributed by atoms with Crippen molar-refractivity contribution in [1.29, 1.82) is 0 Å². The van der Waals surface area contributed by atoms with Crippen LogP contribution in [0.5, 0.6) is 0 Å². The molecular formula is C15H17NO2. The van der Waals surface area contributed by atoms with Gasteiger partial charge in [0.05, 0.1) is 6.42 Å². The van der Waals surface area contributed by atoms with Gasteiger partial charge in [-0.1, -0.05) is 49.4 Å². The van der Waals surface area contributed by atoms with E-state index in [9.17, 15) is 4.79 Å². The lowest BCUT2D eigenvalue weighted by Crippen LogP contribution is -2.34. The lowest BCUT2D eigenvalue weighted by molar-refractivity contribution is -0.138. The third kappa shape index (κ3) is 2.36. The van der Waals surface area contributed by atoms with E-state index < -0.39 is 11.4 Å². The van der Waals surface area contributed by atoms with Crippen molar-refractivity contribution < 1.29 is 9.90 Å². The Balaban J connectivity index is 2.48. The van der Waals surface area contributed by atoms with Crippen LogP contribution in [-0.4, -0.2) is 17.6 Å². The average molecular weight is 243 g/mol. The molecule has 2 rings (SSSR count). The predicted octanol–water partition coefficient (Wildman–Crippen LogP) is 2.53. The molecule has 3 N–H and O–H groups in total. The van der Waals surface area contributed by atoms with Crippen LogP contribution < -0.4 is 5.73 Å². The normalized spacial score (nSPS) is 14.3. The van der Waals surface area contributed by atoms with Crippen LogP contribution in [-0.2, 0) is 10.2 Å². The molecule has 0 fully saturated rings. The van der Waals surface area contributed by atoms with E-state index in [1.54, 1.807) is 0 Å². The van der Waals surface area contributed by atoms with Gasteiger partial charge in [-0.15, -0.1) is 0 Å². The smallest absolute Gasteiger partial charge is 0.304 e. The van der Waals surface area contributed by atoms with Crippen molar-refractivity contribution >= 4 is 16.7 Å². The second-order valence-corrected chi connectivity index (χ2v) is 4.90. The van der Waals surface area contributed by atoms with Gasteiger partial charge in [-0.25, -0.2) is 0 Å². The van der Waals surface area contributed by atoms with Crippen molar-refractivity contribution in [3.8, 4) is 0 Å². The molecule has 0 radical (unpaired) electrons. The number of fused-ring (bicyclic) bond motifs is 1. The maximum atomic E-state index is 11.0. The lowest BCUT2D eigenvalue weighted by atomic mass is 9.79. The number of carboxylic acid groups (broad SMARTS) is 1. The highest BCUT2D eigenvalue weighted by molar-refractivity contribution is 5.83. The summed E-state index contributed by atoms with van der Waals surface area (Å²) in [5, 5.41) is 11.3. The zero-order valence-electron chi connectivity index (χ0n) is 10.4. The number of aliphatic carboxylic acids is 1. The largest absolute Gasteiger partial charge is 0.481 e. The average Bonchev–Trinajstić information content (AvgIpc) is 2.37. The Morgan fingerprint density at radius 3 is 2.50 bits per heavy atom. The SMILES string of the molecule is CC(CN)(CC(=O)O)c1ccc2ccccc2c1. The molecule has 0 aliphatic carbocycles. The van der Waals surface area contributed by atoms with Gasteiger partial charge in [-0.2, -0.15) is 0 Å². The third-order valence-corrected chi connectivity index (χ3v) is 3.44. The quantitative estimate of drug-likeness (QED) is 0.867. The molecule has 0 saturated heterocycles. The van der Waals surface area contributed by atoms with Crippen LogP contribution in [0, 0.1) is 0 Å². The van der Waals surface area contributed by atoms with Gasteiger partial charge in [-0.05, 0) is 16.3 Å². The molecule has 18 heavy (non-hydrogen) atoms. The van der Waals surface area contributed by atoms with Crippen molar-refractivity contribution in [2.24, 2.45) is 5.73 Å². The maximum Gasteiger partial charge on any atom is 0.304 e. The lowest BCUT2D eigenvalue weighted by Gasteiger charge is -2.27. The molecule has 3 heteroatoms. The van der Waals surface area contributed by atoms with Crippen LogP contribution in [0.25, 0.3) is 10.8 Å². The summed E-state index contributed by atoms with van der Waals surface area (Å²) in [7, 11) is 0. The summed E-state index contributed by atoms with van der Waals surface area (Å²) in [6.45, 7) is 2.21. The number of carboxylic acids is 1. The summed E-state index contributed by atoms with van der Waals surface area (Å²) < 4.78 is 0. The van der Waals surface area contributed by atoms with Crippen LogP contribution >= 0.6 is 0 Å². The van der Waals surface area contributed by atoms with E-state index in [0.717, 1.165) is 16.3 Å². The predicted molar refractivity (Wildman–Crippen MR) is 72.6 cm³/mol. The van der Waals surface area contributed by atoms with Crippen LogP contribution in [0.2, 0.25) is 0 Å². The van der Waals surface area contributed by atoms with E-state index in [-0.39, 0.29) is 6.42 Å². The molecule has 0 aromatic heterocycles. The highest BCUT2D eigenvalue weighted by Crippen LogP contribution is 2.29. The van der Waals surface area contributed by atoms with Gasteiger partial charge < -0.3 is 10.8 Å². The molecule has 3 nitrogen and oxygen atoms in total. The highest BCUT2D eigenvalue weighted by atomic mass is 16.4. The van der Waals surface area contributed by atoms with E-state index in [2.05, 4.69) is 0 Å². The van der Waals surface area contributed by atoms with Gasteiger partial charge >= 0.3 is 5.97 Å². The maximum absolute atomic E-state index is 11.0. The summed E-state index contributed by atoms with van der Waals surface area (Å²) in [6, 6.07) is 14.0. The van der Waals surface area contributed by atoms with Crippen LogP contribution in [0.3, 0.4) is 0 Å². The number of hydrogen-bond acceptors (Lipinski definition) is 2. The van der Waals surface area contributed by atoms with Crippen LogP contribution in [0.1, 0.15) is 18.9 Å². The first-order chi connectivity index (χ1) is 8.55. The zero-order chi connectivity index (χ0) is 13.2. The van der Waals surface area contributed by atoms with Gasteiger partial charge in [0.25, 0.3) is 0 Å². The summed E-state index contributed by atoms with van der Waals surface area (Å²) in [6.07, 6.45) is 0.0435. The number of nitrogens with two attached hydrogens (primary N) is 1. The first kappa shape index (κ1) is 12.6. The molecule has 0 aliphatic heterocycles. The van der Waals surface area contributed by atoms with E-state index >= 15 is 0 Å². The summed E-state index contributed by atoms with van der Waals surface area (Å²) in [5.74, 6) is -0.823. The molecule has 0 amide bonds. The monoisotopic (exact) mass is 243 g/mol. The minimum Gasteiger partial charge on any atom is -0.481 e. The fourth-order valence-corrected chi connectivity index (χ4v) is 2.19. The molecule has 0 aliphatic rings. The van der Waals surface area contributed by atoms with Gasteiger partial charge in [0.2, 0.25) is 0 Å². The van der Waals surface area contributed by atoms with Crippen molar-refractivity contribution in [2.75, 3.05) is 6.54 Å². The van der Waals surface area contributed by atoms with E-state index in [4.69, 9.17) is 10.8 Å². The molecular weight excluding hydrogens is 226 g/mol. The molecule has 2 aromatic carbocycles. The number of carbonyl (C=O) groups is 1. The van der Waals surface area contributed by atoms with Crippen molar-refractivity contribution in [3.63, 3.8) is 0 Å². The highest BCUT2D eigenvalue weighted by Gasteiger charge is 2.28. The molecule has 0 bridgehead atoms. The standard InChI is InChI=1S/C15H17NO2/c1-15(10-16,9-14(17)18)13-7-6-11-4-2-3-5-12(11)8-13/h2-8H,9-10,16H2,1H3,(H,17,18). The van der Waals surface area contributed by atoms with Crippen LogP contribution in [0.4, 0.5) is 0 Å². The Morgan fingerprint density at radius 2 is 1.89 bits per heavy atom. The topological polar surface area (TPSA) is 63.3 Å². The fourth-order valence-electron chi connectivity index (χ4n) is 2.19. The number of rotatable bonds is 4. The second-order valence-electron chi connectivity index (χ2n) is 4.90. The van der Waals surface area contributed by atoms with Crippen molar-refractivity contribution in [1.82, 2.24) is 0 Å². The minimum atomic E-state index is -0.823. The zero-order valence-corrected chi connectivity index (χ0v) is 10.4. The van der Waals surface area contributed by atoms with E-state index in [1.807, 2.05) is 49.4 Å². The summed E-state index contributed by atoms with van der Waals surface area (Å²) in [5.41, 5.74) is 6.23. The van der Waals surface area contributed by atoms with Gasteiger partial charge in [0, 0.05) is 12.0 Å². The molecule has 1 atom stereocenters. The Morgan fingerprint density at radius 1 is 1.22 bits per heavy atom.